The number of benzene rings is 1. The number of nitrogens with zero attached hydrogens (tertiary/aromatic N) is 2. The lowest BCUT2D eigenvalue weighted by Gasteiger charge is -2.36. The minimum atomic E-state index is -0.782. The van der Waals surface area contributed by atoms with Crippen LogP contribution in [0, 0.1) is 0 Å². The fraction of sp³-hybridized carbons (Fsp3) is 0.500. The normalized spacial score (nSPS) is 14.8. The molecule has 8 heteroatoms. The lowest BCUT2D eigenvalue weighted by molar-refractivity contribution is -0.117. The molecule has 0 fully saturated rings. The third kappa shape index (κ3) is 4.75. The van der Waals surface area contributed by atoms with Crippen molar-refractivity contribution in [2.24, 2.45) is 0 Å². The van der Waals surface area contributed by atoms with Crippen LogP contribution >= 0.6 is 15.9 Å². The second-order valence-corrected chi connectivity index (χ2v) is 8.82. The third-order valence-electron chi connectivity index (χ3n) is 3.20. The van der Waals surface area contributed by atoms with E-state index in [1.165, 1.54) is 4.90 Å². The van der Waals surface area contributed by atoms with E-state index in [2.05, 4.69) is 15.9 Å². The summed E-state index contributed by atoms with van der Waals surface area (Å²) in [7, 11) is 0. The van der Waals surface area contributed by atoms with Gasteiger partial charge in [0.1, 0.15) is 17.7 Å². The molecule has 142 valence electrons. The lowest BCUT2D eigenvalue weighted by Crippen LogP contribution is -2.52. The van der Waals surface area contributed by atoms with Gasteiger partial charge >= 0.3 is 12.2 Å². The number of hydrogen-bond acceptors (Lipinski definition) is 5. The van der Waals surface area contributed by atoms with Crippen LogP contribution in [0.4, 0.5) is 21.0 Å². The standard InChI is InChI=1S/C18H23BrN2O5/c1-17(2,3)25-15(23)20-10-14(22)21(16(24)26-18(4,5)6)12-8-7-11(19)9-13(12)20/h7-9H,10H2,1-6H3. The number of halogens is 1. The van der Waals surface area contributed by atoms with Crippen LogP contribution in [0.2, 0.25) is 0 Å². The summed E-state index contributed by atoms with van der Waals surface area (Å²) in [4.78, 5) is 39.8. The highest BCUT2D eigenvalue weighted by atomic mass is 79.9. The van der Waals surface area contributed by atoms with Crippen molar-refractivity contribution in [3.8, 4) is 0 Å². The van der Waals surface area contributed by atoms with E-state index in [1.807, 2.05) is 0 Å². The number of imide groups is 1. The van der Waals surface area contributed by atoms with Gasteiger partial charge in [-0.1, -0.05) is 15.9 Å². The van der Waals surface area contributed by atoms with Crippen LogP contribution in [0.15, 0.2) is 22.7 Å². The third-order valence-corrected chi connectivity index (χ3v) is 3.70. The molecule has 26 heavy (non-hydrogen) atoms. The fourth-order valence-electron chi connectivity index (χ4n) is 2.32. The van der Waals surface area contributed by atoms with E-state index < -0.39 is 29.3 Å². The number of hydrogen-bond donors (Lipinski definition) is 0. The highest BCUT2D eigenvalue weighted by molar-refractivity contribution is 9.10. The van der Waals surface area contributed by atoms with Crippen molar-refractivity contribution >= 4 is 45.4 Å². The van der Waals surface area contributed by atoms with E-state index in [-0.39, 0.29) is 12.2 Å². The van der Waals surface area contributed by atoms with Gasteiger partial charge in [-0.25, -0.2) is 14.5 Å². The van der Waals surface area contributed by atoms with Crippen LogP contribution in [0.3, 0.4) is 0 Å². The average molecular weight is 427 g/mol. The molecular formula is C18H23BrN2O5. The Kier molecular flexibility index (Phi) is 5.37. The summed E-state index contributed by atoms with van der Waals surface area (Å²) in [6.07, 6.45) is -1.44. The second-order valence-electron chi connectivity index (χ2n) is 7.91. The van der Waals surface area contributed by atoms with Gasteiger partial charge in [-0.05, 0) is 59.7 Å². The minimum absolute atomic E-state index is 0.268. The summed E-state index contributed by atoms with van der Waals surface area (Å²) in [5, 5.41) is 0. The molecule has 0 radical (unpaired) electrons. The molecule has 1 aliphatic heterocycles. The topological polar surface area (TPSA) is 76.2 Å². The molecule has 0 aliphatic carbocycles. The maximum Gasteiger partial charge on any atom is 0.421 e. The number of anilines is 2. The molecule has 3 amide bonds. The number of carbonyl (C=O) groups is 3. The van der Waals surface area contributed by atoms with Gasteiger partial charge in [0.15, 0.2) is 0 Å². The number of rotatable bonds is 0. The summed E-state index contributed by atoms with van der Waals surface area (Å²) in [6, 6.07) is 4.92. The van der Waals surface area contributed by atoms with Crippen molar-refractivity contribution < 1.29 is 23.9 Å². The molecule has 0 unspecified atom stereocenters. The molecule has 2 rings (SSSR count). The quantitative estimate of drug-likeness (QED) is 0.611. The predicted octanol–water partition coefficient (Wildman–Crippen LogP) is 4.47. The number of fused-ring (bicyclic) bond motifs is 1. The van der Waals surface area contributed by atoms with Gasteiger partial charge < -0.3 is 9.47 Å². The van der Waals surface area contributed by atoms with E-state index in [1.54, 1.807) is 59.7 Å². The van der Waals surface area contributed by atoms with E-state index in [9.17, 15) is 14.4 Å². The molecule has 1 aromatic carbocycles. The summed E-state index contributed by atoms with van der Waals surface area (Å²) in [5.74, 6) is -0.570. The highest BCUT2D eigenvalue weighted by Crippen LogP contribution is 2.37. The molecule has 0 atom stereocenters. The monoisotopic (exact) mass is 426 g/mol. The average Bonchev–Trinajstić information content (AvgIpc) is 2.42. The van der Waals surface area contributed by atoms with Crippen molar-refractivity contribution in [3.05, 3.63) is 22.7 Å². The predicted molar refractivity (Wildman–Crippen MR) is 101 cm³/mol. The largest absolute Gasteiger partial charge is 0.443 e. The van der Waals surface area contributed by atoms with Crippen molar-refractivity contribution in [1.29, 1.82) is 0 Å². The Balaban J connectivity index is 2.45. The van der Waals surface area contributed by atoms with Crippen LogP contribution in [0.1, 0.15) is 41.5 Å². The van der Waals surface area contributed by atoms with Crippen molar-refractivity contribution in [2.75, 3.05) is 16.3 Å². The summed E-state index contributed by atoms with van der Waals surface area (Å²) < 4.78 is 11.4. The second kappa shape index (κ2) is 6.90. The smallest absolute Gasteiger partial charge is 0.421 e. The number of carbonyl (C=O) groups excluding carboxylic acids is 3. The first-order valence-electron chi connectivity index (χ1n) is 8.14. The van der Waals surface area contributed by atoms with Gasteiger partial charge in [0.2, 0.25) is 0 Å². The zero-order chi connectivity index (χ0) is 19.9. The van der Waals surface area contributed by atoms with Gasteiger partial charge in [-0.15, -0.1) is 0 Å². The Morgan fingerprint density at radius 1 is 0.962 bits per heavy atom. The number of ether oxygens (including phenoxy) is 2. The Hall–Kier alpha value is -2.09. The van der Waals surface area contributed by atoms with E-state index in [4.69, 9.17) is 9.47 Å². The molecule has 0 spiro atoms. The van der Waals surface area contributed by atoms with Crippen LogP contribution in [-0.4, -0.2) is 35.8 Å². The Morgan fingerprint density at radius 2 is 1.50 bits per heavy atom. The lowest BCUT2D eigenvalue weighted by atomic mass is 10.1. The van der Waals surface area contributed by atoms with Crippen LogP contribution < -0.4 is 9.80 Å². The summed E-state index contributed by atoms with van der Waals surface area (Å²) in [5.41, 5.74) is -0.812. The van der Waals surface area contributed by atoms with Crippen molar-refractivity contribution in [3.63, 3.8) is 0 Å². The Morgan fingerprint density at radius 3 is 2.04 bits per heavy atom. The molecule has 0 aromatic heterocycles. The van der Waals surface area contributed by atoms with Gasteiger partial charge in [0.05, 0.1) is 11.4 Å². The molecule has 0 bridgehead atoms. The molecule has 1 aliphatic rings. The highest BCUT2D eigenvalue weighted by Gasteiger charge is 2.39. The Labute approximate surface area is 161 Å². The zero-order valence-corrected chi connectivity index (χ0v) is 17.3. The van der Waals surface area contributed by atoms with Crippen LogP contribution in [-0.2, 0) is 14.3 Å². The van der Waals surface area contributed by atoms with E-state index >= 15 is 0 Å². The SMILES string of the molecule is CC(C)(C)OC(=O)N1CC(=O)N(C(=O)OC(C)(C)C)c2ccc(Br)cc21. The molecule has 0 saturated heterocycles. The maximum absolute atomic E-state index is 12.6. The number of amides is 3. The van der Waals surface area contributed by atoms with Gasteiger partial charge in [0, 0.05) is 4.47 Å². The first-order chi connectivity index (χ1) is 11.8. The molecule has 0 N–H and O–H groups in total. The van der Waals surface area contributed by atoms with E-state index in [0.29, 0.717) is 10.2 Å². The van der Waals surface area contributed by atoms with Gasteiger partial charge in [0.25, 0.3) is 5.91 Å². The molecule has 1 heterocycles. The molecule has 7 nitrogen and oxygen atoms in total. The maximum atomic E-state index is 12.6. The summed E-state index contributed by atoms with van der Waals surface area (Å²) in [6.45, 7) is 10.1. The summed E-state index contributed by atoms with van der Waals surface area (Å²) >= 11 is 3.35. The molecule has 0 saturated carbocycles. The molecule has 1 aromatic rings. The first kappa shape index (κ1) is 20.2. The van der Waals surface area contributed by atoms with Crippen molar-refractivity contribution in [2.45, 2.75) is 52.7 Å². The minimum Gasteiger partial charge on any atom is -0.443 e. The molecular weight excluding hydrogens is 404 g/mol. The van der Waals surface area contributed by atoms with E-state index in [0.717, 1.165) is 4.90 Å². The Bertz CT molecular complexity index is 749. The van der Waals surface area contributed by atoms with Gasteiger partial charge in [-0.3, -0.25) is 9.69 Å². The van der Waals surface area contributed by atoms with Crippen LogP contribution in [0.25, 0.3) is 0 Å². The zero-order valence-electron chi connectivity index (χ0n) is 15.8. The fourth-order valence-corrected chi connectivity index (χ4v) is 2.66. The first-order valence-corrected chi connectivity index (χ1v) is 8.94. The van der Waals surface area contributed by atoms with Crippen LogP contribution in [0.5, 0.6) is 0 Å². The van der Waals surface area contributed by atoms with Crippen molar-refractivity contribution in [1.82, 2.24) is 0 Å². The van der Waals surface area contributed by atoms with Gasteiger partial charge in [-0.2, -0.15) is 0 Å².